The van der Waals surface area contributed by atoms with E-state index in [4.69, 9.17) is 24.5 Å². The summed E-state index contributed by atoms with van der Waals surface area (Å²) in [4.78, 5) is 27.6. The largest absolute Gasteiger partial charge is 0.375 e. The van der Waals surface area contributed by atoms with Gasteiger partial charge in [-0.05, 0) is 59.8 Å². The van der Waals surface area contributed by atoms with Gasteiger partial charge in [0.1, 0.15) is 0 Å². The number of hydrogen-bond donors (Lipinski definition) is 1. The maximum Gasteiger partial charge on any atom is 0.225 e. The monoisotopic (exact) mass is 590 g/mol. The molecule has 0 saturated carbocycles. The molecule has 0 aliphatic carbocycles. The second-order valence-corrected chi connectivity index (χ2v) is 16.8. The molecule has 0 aromatic carbocycles. The fourth-order valence-corrected chi connectivity index (χ4v) is 5.81. The number of carbonyl (C=O) groups is 1. The van der Waals surface area contributed by atoms with Crippen LogP contribution in [0.3, 0.4) is 0 Å². The highest BCUT2D eigenvalue weighted by Crippen LogP contribution is 2.44. The third-order valence-corrected chi connectivity index (χ3v) is 8.76. The molecule has 4 heterocycles. The fourth-order valence-electron chi connectivity index (χ4n) is 5.81. The van der Waals surface area contributed by atoms with E-state index in [0.29, 0.717) is 19.6 Å². The van der Waals surface area contributed by atoms with Crippen molar-refractivity contribution in [3.05, 3.63) is 47.6 Å². The minimum Gasteiger partial charge on any atom is -0.375 e. The lowest BCUT2D eigenvalue weighted by Gasteiger charge is -2.30. The van der Waals surface area contributed by atoms with Crippen LogP contribution < -0.4 is 5.32 Å². The predicted octanol–water partition coefficient (Wildman–Crippen LogP) is 7.90. The maximum atomic E-state index is 12.5. The molecule has 1 fully saturated rings. The van der Waals surface area contributed by atoms with Gasteiger partial charge in [-0.15, -0.1) is 0 Å². The molecule has 7 heteroatoms. The van der Waals surface area contributed by atoms with Gasteiger partial charge in [-0.2, -0.15) is 0 Å². The van der Waals surface area contributed by atoms with Gasteiger partial charge in [-0.1, -0.05) is 48.1 Å². The Morgan fingerprint density at radius 2 is 1.30 bits per heavy atom. The van der Waals surface area contributed by atoms with E-state index < -0.39 is 5.41 Å². The van der Waals surface area contributed by atoms with Crippen LogP contribution in [-0.4, -0.2) is 47.5 Å². The summed E-state index contributed by atoms with van der Waals surface area (Å²) in [7, 11) is 0. The first kappa shape index (κ1) is 33.3. The van der Waals surface area contributed by atoms with Crippen molar-refractivity contribution in [2.45, 2.75) is 120 Å². The number of ether oxygens (including phenoxy) is 2. The first-order valence-corrected chi connectivity index (χ1v) is 15.7. The van der Waals surface area contributed by atoms with Crippen LogP contribution in [-0.2, 0) is 14.3 Å². The van der Waals surface area contributed by atoms with E-state index in [-0.39, 0.29) is 33.4 Å². The number of allylic oxidation sites excluding steroid dienone is 6. The maximum absolute atomic E-state index is 12.5. The van der Waals surface area contributed by atoms with Crippen molar-refractivity contribution in [1.82, 2.24) is 5.32 Å². The van der Waals surface area contributed by atoms with Crippen LogP contribution in [0.2, 0.25) is 0 Å². The van der Waals surface area contributed by atoms with Crippen molar-refractivity contribution in [3.63, 3.8) is 0 Å². The van der Waals surface area contributed by atoms with E-state index in [9.17, 15) is 4.79 Å². The Hall–Kier alpha value is -2.64. The highest BCUT2D eigenvalue weighted by molar-refractivity contribution is 6.06. The average Bonchev–Trinajstić information content (AvgIpc) is 3.47. The van der Waals surface area contributed by atoms with Crippen molar-refractivity contribution in [2.24, 2.45) is 36.6 Å². The summed E-state index contributed by atoms with van der Waals surface area (Å²) in [5, 5.41) is 3.09. The van der Waals surface area contributed by atoms with Gasteiger partial charge in [0.2, 0.25) is 5.91 Å². The summed E-state index contributed by atoms with van der Waals surface area (Å²) in [5.41, 5.74) is 5.32. The van der Waals surface area contributed by atoms with Crippen LogP contribution in [0.4, 0.5) is 0 Å². The molecule has 7 nitrogen and oxygen atoms in total. The Bertz CT molecular complexity index is 1370. The van der Waals surface area contributed by atoms with Crippen LogP contribution >= 0.6 is 0 Å². The third-order valence-electron chi connectivity index (χ3n) is 8.76. The minimum absolute atomic E-state index is 0.0213. The first-order chi connectivity index (χ1) is 19.5. The van der Waals surface area contributed by atoms with Gasteiger partial charge in [-0.3, -0.25) is 19.8 Å². The first-order valence-electron chi connectivity index (χ1n) is 15.7. The second kappa shape index (κ2) is 11.1. The smallest absolute Gasteiger partial charge is 0.225 e. The predicted molar refractivity (Wildman–Crippen MR) is 177 cm³/mol. The van der Waals surface area contributed by atoms with Crippen molar-refractivity contribution in [2.75, 3.05) is 13.2 Å². The normalized spacial score (nSPS) is 31.7. The van der Waals surface area contributed by atoms with E-state index in [1.54, 1.807) is 0 Å². The van der Waals surface area contributed by atoms with Crippen molar-refractivity contribution < 1.29 is 14.3 Å². The van der Waals surface area contributed by atoms with E-state index in [1.807, 2.05) is 20.8 Å². The zero-order valence-electron chi connectivity index (χ0n) is 28.7. The van der Waals surface area contributed by atoms with Crippen molar-refractivity contribution >= 4 is 23.0 Å². The summed E-state index contributed by atoms with van der Waals surface area (Å²) < 4.78 is 12.5. The van der Waals surface area contributed by atoms with E-state index in [2.05, 4.69) is 92.4 Å². The number of nitrogens with one attached hydrogen (secondary N) is 1. The number of hydrogen-bond acceptors (Lipinski definition) is 6. The molecule has 0 radical (unpaired) electrons. The Morgan fingerprint density at radius 3 is 1.86 bits per heavy atom. The van der Waals surface area contributed by atoms with Crippen molar-refractivity contribution in [3.8, 4) is 0 Å². The summed E-state index contributed by atoms with van der Waals surface area (Å²) >= 11 is 0. The molecule has 236 valence electrons. The van der Waals surface area contributed by atoms with Gasteiger partial charge in [0.25, 0.3) is 0 Å². The second-order valence-electron chi connectivity index (χ2n) is 16.8. The molecule has 4 rings (SSSR count). The Kier molecular flexibility index (Phi) is 8.56. The van der Waals surface area contributed by atoms with Crippen LogP contribution in [0.15, 0.2) is 62.6 Å². The van der Waals surface area contributed by atoms with Crippen LogP contribution in [0.5, 0.6) is 0 Å². The topological polar surface area (TPSA) is 84.6 Å². The third kappa shape index (κ3) is 7.91. The molecule has 2 unspecified atom stereocenters. The van der Waals surface area contributed by atoms with E-state index in [0.717, 1.165) is 59.2 Å². The molecular formula is C36H54N4O3. The zero-order chi connectivity index (χ0) is 32.2. The lowest BCUT2D eigenvalue weighted by molar-refractivity contribution is -0.120. The van der Waals surface area contributed by atoms with Crippen LogP contribution in [0, 0.1) is 21.7 Å². The van der Waals surface area contributed by atoms with Gasteiger partial charge >= 0.3 is 0 Å². The molecule has 1 N–H and O–H groups in total. The Morgan fingerprint density at radius 1 is 0.744 bits per heavy atom. The highest BCUT2D eigenvalue weighted by atomic mass is 16.5. The molecule has 1 saturated heterocycles. The van der Waals surface area contributed by atoms with Gasteiger partial charge in [-0.25, -0.2) is 0 Å². The molecule has 0 aromatic rings. The van der Waals surface area contributed by atoms with Gasteiger partial charge < -0.3 is 14.8 Å². The van der Waals surface area contributed by atoms with Gasteiger partial charge in [0.05, 0.1) is 30.1 Å². The summed E-state index contributed by atoms with van der Waals surface area (Å²) in [6, 6.07) is 0. The highest BCUT2D eigenvalue weighted by Gasteiger charge is 2.43. The molecule has 0 bridgehead atoms. The fraction of sp³-hybridized carbons (Fsp3) is 0.667. The average molecular weight is 591 g/mol. The lowest BCUT2D eigenvalue weighted by atomic mass is 9.80. The standard InChI is InChI=1S/C36H54N4O3/c1-23-33(8,9)17-24(37-23)14-25-19-35(12,21-42-31(2,3)4)29(39-25)16-27-34(10,11)18-26(38-27)15-28-36(13,20-30(41)40-28)22-43-32(5,6)7/h14-16H,1,17-22H2,2-13H3,(H,40,41)/b25-14+,27-16-,28-15+. The lowest BCUT2D eigenvalue weighted by Crippen LogP contribution is -2.34. The molecule has 4 aliphatic rings. The quantitative estimate of drug-likeness (QED) is 0.327. The number of nitrogens with zero attached hydrogens (tertiary/aromatic N) is 3. The van der Waals surface area contributed by atoms with Crippen LogP contribution in [0.25, 0.3) is 0 Å². The molecule has 43 heavy (non-hydrogen) atoms. The molecule has 0 aromatic heterocycles. The Labute approximate surface area is 259 Å². The number of amides is 1. The summed E-state index contributed by atoms with van der Waals surface area (Å²) in [6.07, 6.45) is 9.19. The molecule has 2 atom stereocenters. The zero-order valence-corrected chi connectivity index (χ0v) is 28.7. The molecule has 1 amide bonds. The molecule has 0 spiro atoms. The van der Waals surface area contributed by atoms with E-state index >= 15 is 0 Å². The molecule has 4 aliphatic heterocycles. The SMILES string of the molecule is C=C1N=C(/C=C2\CC(C)(COC(C)(C)C)C(/C=C3N=C(/C=C4/NC(=O)CC4(C)COC(C)(C)C)CC\3(C)C)=N2)CC1(C)C. The van der Waals surface area contributed by atoms with Crippen LogP contribution in [0.1, 0.15) is 109 Å². The van der Waals surface area contributed by atoms with Gasteiger partial charge in [0.15, 0.2) is 0 Å². The summed E-state index contributed by atoms with van der Waals surface area (Å²) in [6.45, 7) is 30.7. The summed E-state index contributed by atoms with van der Waals surface area (Å²) in [5.74, 6) is 0.0213. The molecular weight excluding hydrogens is 536 g/mol. The van der Waals surface area contributed by atoms with E-state index in [1.165, 1.54) is 0 Å². The van der Waals surface area contributed by atoms with Crippen molar-refractivity contribution in [1.29, 1.82) is 0 Å². The Balaban J connectivity index is 1.68. The minimum atomic E-state index is -0.412. The number of aliphatic imine (C=N–C) groups is 3. The number of carbonyl (C=O) groups excluding carboxylic acids is 1. The van der Waals surface area contributed by atoms with Gasteiger partial charge in [0, 0.05) is 81.6 Å². The number of rotatable bonds is 7.